The van der Waals surface area contributed by atoms with Gasteiger partial charge in [-0.25, -0.2) is 0 Å². The van der Waals surface area contributed by atoms with Crippen LogP contribution in [0.4, 0.5) is 0 Å². The number of ether oxygens (including phenoxy) is 3. The third kappa shape index (κ3) is 64.8. The van der Waals surface area contributed by atoms with Crippen molar-refractivity contribution in [3.8, 4) is 0 Å². The van der Waals surface area contributed by atoms with Crippen molar-refractivity contribution >= 4 is 17.9 Å². The maximum Gasteiger partial charge on any atom is 0.306 e. The average molecular weight is 1100 g/mol. The molecule has 0 aromatic heterocycles. The lowest BCUT2D eigenvalue weighted by molar-refractivity contribution is -0.167. The summed E-state index contributed by atoms with van der Waals surface area (Å²) in [5.41, 5.74) is 0. The van der Waals surface area contributed by atoms with E-state index < -0.39 is 6.10 Å². The molecule has 452 valence electrons. The zero-order chi connectivity index (χ0) is 57.1. The minimum atomic E-state index is -0.788. The maximum atomic E-state index is 12.9. The summed E-state index contributed by atoms with van der Waals surface area (Å²) in [4.78, 5) is 38.3. The van der Waals surface area contributed by atoms with E-state index in [-0.39, 0.29) is 31.1 Å². The van der Waals surface area contributed by atoms with Crippen LogP contribution in [0.5, 0.6) is 0 Å². The lowest BCUT2D eigenvalue weighted by atomic mass is 10.0. The second kappa shape index (κ2) is 66.6. The zero-order valence-corrected chi connectivity index (χ0v) is 51.9. The number of rotatable bonds is 60. The SMILES string of the molecule is CC/C=C\C/C=C\C/C=C\C/C=C\C/C=C\CCCCCCCCCCCCCCCCCC(=O)OCC(COC(=O)CCCCCCC/C=C\CCCCCC)OC(=O)CCCCCCCCC/C=C\C/C=C\C/C=C\CC. The molecule has 0 rings (SSSR count). The van der Waals surface area contributed by atoms with Gasteiger partial charge in [0.15, 0.2) is 6.10 Å². The molecule has 0 saturated carbocycles. The summed E-state index contributed by atoms with van der Waals surface area (Å²) < 4.78 is 16.9. The Balaban J connectivity index is 4.23. The normalized spacial score (nSPS) is 12.8. The van der Waals surface area contributed by atoms with Gasteiger partial charge in [0.1, 0.15) is 13.2 Å². The molecule has 0 bridgehead atoms. The predicted molar refractivity (Wildman–Crippen MR) is 343 cm³/mol. The Morgan fingerprint density at radius 3 is 0.785 bits per heavy atom. The lowest BCUT2D eigenvalue weighted by Crippen LogP contribution is -2.30. The molecule has 1 atom stereocenters. The molecular formula is C73H124O6. The molecule has 0 amide bonds. The van der Waals surface area contributed by atoms with Gasteiger partial charge in [0.25, 0.3) is 0 Å². The molecule has 0 heterocycles. The predicted octanol–water partition coefficient (Wildman–Crippen LogP) is 23.0. The van der Waals surface area contributed by atoms with E-state index in [0.717, 1.165) is 122 Å². The Bertz CT molecular complexity index is 1590. The number of carbonyl (C=O) groups excluding carboxylic acids is 3. The number of esters is 3. The monoisotopic (exact) mass is 1100 g/mol. The first-order valence-corrected chi connectivity index (χ1v) is 33.4. The molecular weight excluding hydrogens is 973 g/mol. The van der Waals surface area contributed by atoms with Crippen molar-refractivity contribution in [2.24, 2.45) is 0 Å². The summed E-state index contributed by atoms with van der Waals surface area (Å²) in [6.45, 7) is 6.41. The first-order valence-electron chi connectivity index (χ1n) is 33.4. The minimum Gasteiger partial charge on any atom is -0.462 e. The molecule has 0 aromatic rings. The van der Waals surface area contributed by atoms with E-state index >= 15 is 0 Å². The molecule has 0 aliphatic heterocycles. The molecule has 79 heavy (non-hydrogen) atoms. The molecule has 0 spiro atoms. The van der Waals surface area contributed by atoms with Crippen LogP contribution in [-0.2, 0) is 28.6 Å². The van der Waals surface area contributed by atoms with Gasteiger partial charge in [0.2, 0.25) is 0 Å². The van der Waals surface area contributed by atoms with Gasteiger partial charge in [-0.2, -0.15) is 0 Å². The van der Waals surface area contributed by atoms with E-state index in [1.807, 2.05) is 0 Å². The van der Waals surface area contributed by atoms with Gasteiger partial charge in [-0.15, -0.1) is 0 Å². The van der Waals surface area contributed by atoms with Crippen molar-refractivity contribution in [1.82, 2.24) is 0 Å². The summed E-state index contributed by atoms with van der Waals surface area (Å²) >= 11 is 0. The van der Waals surface area contributed by atoms with Crippen molar-refractivity contribution in [2.75, 3.05) is 13.2 Å². The second-order valence-electron chi connectivity index (χ2n) is 22.0. The largest absolute Gasteiger partial charge is 0.462 e. The quantitative estimate of drug-likeness (QED) is 0.0261. The average Bonchev–Trinajstić information content (AvgIpc) is 3.45. The van der Waals surface area contributed by atoms with E-state index in [1.54, 1.807) is 0 Å². The fourth-order valence-electron chi connectivity index (χ4n) is 9.30. The first kappa shape index (κ1) is 75.1. The third-order valence-corrected chi connectivity index (χ3v) is 14.2. The van der Waals surface area contributed by atoms with E-state index in [2.05, 4.69) is 130 Å². The Kier molecular flexibility index (Phi) is 63.3. The van der Waals surface area contributed by atoms with Gasteiger partial charge in [0.05, 0.1) is 0 Å². The lowest BCUT2D eigenvalue weighted by Gasteiger charge is -2.18. The molecule has 0 radical (unpaired) electrons. The summed E-state index contributed by atoms with van der Waals surface area (Å²) in [5, 5.41) is 0. The number of hydrogen-bond acceptors (Lipinski definition) is 6. The van der Waals surface area contributed by atoms with Crippen molar-refractivity contribution in [3.63, 3.8) is 0 Å². The summed E-state index contributed by atoms with van der Waals surface area (Å²) in [6, 6.07) is 0. The Morgan fingerprint density at radius 1 is 0.266 bits per heavy atom. The van der Waals surface area contributed by atoms with E-state index in [9.17, 15) is 14.4 Å². The van der Waals surface area contributed by atoms with Crippen molar-refractivity contribution in [2.45, 2.75) is 322 Å². The van der Waals surface area contributed by atoms with Crippen LogP contribution in [0.3, 0.4) is 0 Å². The van der Waals surface area contributed by atoms with E-state index in [1.165, 1.54) is 154 Å². The Morgan fingerprint density at radius 2 is 0.494 bits per heavy atom. The van der Waals surface area contributed by atoms with E-state index in [4.69, 9.17) is 14.2 Å². The highest BCUT2D eigenvalue weighted by Gasteiger charge is 2.19. The van der Waals surface area contributed by atoms with Gasteiger partial charge < -0.3 is 14.2 Å². The highest BCUT2D eigenvalue weighted by molar-refractivity contribution is 5.71. The minimum absolute atomic E-state index is 0.0833. The van der Waals surface area contributed by atoms with Crippen LogP contribution in [-0.4, -0.2) is 37.2 Å². The summed E-state index contributed by atoms with van der Waals surface area (Å²) in [6.07, 6.45) is 91.1. The van der Waals surface area contributed by atoms with Gasteiger partial charge in [0, 0.05) is 19.3 Å². The molecule has 6 heteroatoms. The maximum absolute atomic E-state index is 12.9. The number of unbranched alkanes of at least 4 members (excludes halogenated alkanes) is 31. The zero-order valence-electron chi connectivity index (χ0n) is 51.9. The van der Waals surface area contributed by atoms with Crippen molar-refractivity contribution in [3.05, 3.63) is 109 Å². The standard InChI is InChI=1S/C73H124O6/c1-4-7-10-13-16-19-22-25-27-29-30-31-32-33-34-35-36-37-38-39-40-41-42-44-45-48-51-54-57-60-63-66-72(75)78-69-70(68-77-71(74)65-62-59-56-53-50-47-24-21-18-15-12-9-6-3)79-73(76)67-64-61-58-55-52-49-46-43-28-26-23-20-17-14-11-8-5-2/h7-8,10-11,16-17,19-21,24-28,30-31,33-34,70H,4-6,9,12-15,18,22-23,29,32,35-69H2,1-3H3/b10-7-,11-8-,19-16-,20-17-,24-21-,27-25-,28-26-,31-30-,34-33-. The molecule has 0 aromatic carbocycles. The number of allylic oxidation sites excluding steroid dienone is 18. The molecule has 0 aliphatic carbocycles. The molecule has 0 saturated heterocycles. The van der Waals surface area contributed by atoms with Crippen LogP contribution in [0.25, 0.3) is 0 Å². The Hall–Kier alpha value is -3.93. The van der Waals surface area contributed by atoms with Crippen molar-refractivity contribution < 1.29 is 28.6 Å². The second-order valence-corrected chi connectivity index (χ2v) is 22.0. The van der Waals surface area contributed by atoms with Crippen LogP contribution in [0.2, 0.25) is 0 Å². The Labute approximate surface area is 489 Å². The third-order valence-electron chi connectivity index (χ3n) is 14.2. The highest BCUT2D eigenvalue weighted by atomic mass is 16.6. The molecule has 6 nitrogen and oxygen atoms in total. The summed E-state index contributed by atoms with van der Waals surface area (Å²) in [7, 11) is 0. The van der Waals surface area contributed by atoms with Gasteiger partial charge in [-0.3, -0.25) is 14.4 Å². The van der Waals surface area contributed by atoms with Crippen LogP contribution in [0, 0.1) is 0 Å². The summed E-state index contributed by atoms with van der Waals surface area (Å²) in [5.74, 6) is -0.893. The van der Waals surface area contributed by atoms with Crippen LogP contribution in [0.15, 0.2) is 109 Å². The highest BCUT2D eigenvalue weighted by Crippen LogP contribution is 2.17. The van der Waals surface area contributed by atoms with Crippen LogP contribution < -0.4 is 0 Å². The van der Waals surface area contributed by atoms with Crippen molar-refractivity contribution in [1.29, 1.82) is 0 Å². The van der Waals surface area contributed by atoms with Gasteiger partial charge >= 0.3 is 17.9 Å². The number of carbonyl (C=O) groups is 3. The number of hydrogen-bond donors (Lipinski definition) is 0. The van der Waals surface area contributed by atoms with Gasteiger partial charge in [-0.05, 0) is 122 Å². The van der Waals surface area contributed by atoms with Crippen LogP contribution in [0.1, 0.15) is 316 Å². The topological polar surface area (TPSA) is 78.9 Å². The molecule has 0 fully saturated rings. The smallest absolute Gasteiger partial charge is 0.306 e. The van der Waals surface area contributed by atoms with Crippen LogP contribution >= 0.6 is 0 Å². The fraction of sp³-hybridized carbons (Fsp3) is 0.712. The fourth-order valence-corrected chi connectivity index (χ4v) is 9.30. The molecule has 0 aliphatic rings. The van der Waals surface area contributed by atoms with Gasteiger partial charge in [-0.1, -0.05) is 284 Å². The van der Waals surface area contributed by atoms with E-state index in [0.29, 0.717) is 19.3 Å². The molecule has 1 unspecified atom stereocenters. The molecule has 0 N–H and O–H groups in total. The first-order chi connectivity index (χ1) is 39.0.